The lowest BCUT2D eigenvalue weighted by molar-refractivity contribution is 0.156. The molecule has 27 heavy (non-hydrogen) atoms. The Balaban J connectivity index is 1.58. The number of benzene rings is 3. The number of para-hydroxylation sites is 3. The van der Waals surface area contributed by atoms with Gasteiger partial charge in [-0.15, -0.1) is 5.10 Å². The summed E-state index contributed by atoms with van der Waals surface area (Å²) in [4.78, 5) is 0. The summed E-state index contributed by atoms with van der Waals surface area (Å²) in [5.41, 5.74) is 1.47. The minimum atomic E-state index is -3.97. The first kappa shape index (κ1) is 17.3. The van der Waals surface area contributed by atoms with Crippen molar-refractivity contribution in [3.05, 3.63) is 84.9 Å². The SMILES string of the molecule is O=P(OCn1nnc2ccccc21)(Oc1ccccc1)Oc1ccccc1. The maximum Gasteiger partial charge on any atom is 0.589 e. The Kier molecular flexibility index (Phi) is 4.87. The lowest BCUT2D eigenvalue weighted by atomic mass is 10.3. The molecule has 0 aliphatic carbocycles. The Hall–Kier alpha value is -3.15. The van der Waals surface area contributed by atoms with E-state index in [9.17, 15) is 4.57 Å². The smallest absolute Gasteiger partial charge is 0.395 e. The van der Waals surface area contributed by atoms with E-state index in [0.717, 1.165) is 5.52 Å². The molecule has 0 aliphatic rings. The van der Waals surface area contributed by atoms with E-state index < -0.39 is 7.82 Å². The van der Waals surface area contributed by atoms with Crippen molar-refractivity contribution in [2.75, 3.05) is 0 Å². The van der Waals surface area contributed by atoms with Crippen LogP contribution in [0.3, 0.4) is 0 Å². The van der Waals surface area contributed by atoms with E-state index >= 15 is 0 Å². The van der Waals surface area contributed by atoms with E-state index in [4.69, 9.17) is 13.6 Å². The zero-order chi connectivity index (χ0) is 18.5. The Bertz CT molecular complexity index is 1020. The van der Waals surface area contributed by atoms with Crippen molar-refractivity contribution in [2.45, 2.75) is 6.73 Å². The molecule has 4 aromatic rings. The summed E-state index contributed by atoms with van der Waals surface area (Å²) in [6, 6.07) is 24.9. The molecular formula is C19H16N3O4P. The molecule has 4 rings (SSSR count). The molecular weight excluding hydrogens is 365 g/mol. The monoisotopic (exact) mass is 381 g/mol. The maximum absolute atomic E-state index is 13.3. The number of aromatic nitrogens is 3. The van der Waals surface area contributed by atoms with Gasteiger partial charge in [-0.2, -0.15) is 0 Å². The summed E-state index contributed by atoms with van der Waals surface area (Å²) in [5, 5.41) is 8.07. The van der Waals surface area contributed by atoms with Gasteiger partial charge < -0.3 is 9.05 Å². The summed E-state index contributed by atoms with van der Waals surface area (Å²) in [6.45, 7) is -0.141. The van der Waals surface area contributed by atoms with Crippen LogP contribution < -0.4 is 9.05 Å². The Morgan fingerprint density at radius 1 is 0.778 bits per heavy atom. The molecule has 1 heterocycles. The standard InChI is InChI=1S/C19H16N3O4P/c23-27(25-16-9-3-1-4-10-16,26-17-11-5-2-6-12-17)24-15-22-19-14-8-7-13-18(19)20-21-22/h1-14H,15H2. The Morgan fingerprint density at radius 2 is 1.33 bits per heavy atom. The summed E-state index contributed by atoms with van der Waals surface area (Å²) in [5.74, 6) is 0.750. The van der Waals surface area contributed by atoms with Gasteiger partial charge in [-0.25, -0.2) is 13.8 Å². The predicted molar refractivity (Wildman–Crippen MR) is 100 cm³/mol. The molecule has 0 bridgehead atoms. The summed E-state index contributed by atoms with van der Waals surface area (Å²) in [7, 11) is -3.97. The van der Waals surface area contributed by atoms with Crippen LogP contribution in [0.15, 0.2) is 84.9 Å². The van der Waals surface area contributed by atoms with E-state index in [0.29, 0.717) is 17.0 Å². The first-order valence-corrected chi connectivity index (χ1v) is 9.70. The molecule has 8 heteroatoms. The molecule has 0 unspecified atom stereocenters. The first-order chi connectivity index (χ1) is 13.2. The van der Waals surface area contributed by atoms with Crippen LogP contribution >= 0.6 is 7.82 Å². The van der Waals surface area contributed by atoms with Crippen LogP contribution in [0.2, 0.25) is 0 Å². The van der Waals surface area contributed by atoms with E-state index in [1.54, 1.807) is 48.5 Å². The molecule has 1 aromatic heterocycles. The fraction of sp³-hybridized carbons (Fsp3) is 0.0526. The van der Waals surface area contributed by atoms with Gasteiger partial charge in [0.25, 0.3) is 0 Å². The van der Waals surface area contributed by atoms with Gasteiger partial charge in [-0.1, -0.05) is 53.7 Å². The minimum absolute atomic E-state index is 0.141. The number of phosphoric acid groups is 1. The van der Waals surface area contributed by atoms with Crippen LogP contribution in [0.25, 0.3) is 11.0 Å². The normalized spacial score (nSPS) is 11.4. The van der Waals surface area contributed by atoms with E-state index in [-0.39, 0.29) is 6.73 Å². The largest absolute Gasteiger partial charge is 0.589 e. The van der Waals surface area contributed by atoms with Gasteiger partial charge in [0.15, 0.2) is 6.73 Å². The fourth-order valence-corrected chi connectivity index (χ4v) is 3.58. The summed E-state index contributed by atoms with van der Waals surface area (Å²) < 4.78 is 31.4. The number of fused-ring (bicyclic) bond motifs is 1. The van der Waals surface area contributed by atoms with Gasteiger partial charge in [-0.3, -0.25) is 0 Å². The number of hydrogen-bond acceptors (Lipinski definition) is 6. The molecule has 0 spiro atoms. The lowest BCUT2D eigenvalue weighted by Gasteiger charge is -2.19. The minimum Gasteiger partial charge on any atom is -0.395 e. The highest BCUT2D eigenvalue weighted by molar-refractivity contribution is 7.49. The Morgan fingerprint density at radius 3 is 1.96 bits per heavy atom. The van der Waals surface area contributed by atoms with Crippen molar-refractivity contribution >= 4 is 18.9 Å². The van der Waals surface area contributed by atoms with Gasteiger partial charge in [0.2, 0.25) is 0 Å². The molecule has 136 valence electrons. The van der Waals surface area contributed by atoms with Crippen LogP contribution in [-0.2, 0) is 15.8 Å². The topological polar surface area (TPSA) is 75.5 Å². The van der Waals surface area contributed by atoms with Gasteiger partial charge in [0, 0.05) is 0 Å². The maximum atomic E-state index is 13.3. The zero-order valence-electron chi connectivity index (χ0n) is 14.2. The molecule has 0 amide bonds. The van der Waals surface area contributed by atoms with Crippen LogP contribution in [0.1, 0.15) is 0 Å². The van der Waals surface area contributed by atoms with E-state index in [1.807, 2.05) is 36.4 Å². The molecule has 0 atom stereocenters. The Labute approximate surface area is 155 Å². The van der Waals surface area contributed by atoms with Gasteiger partial charge >= 0.3 is 7.82 Å². The quantitative estimate of drug-likeness (QED) is 0.433. The van der Waals surface area contributed by atoms with Crippen molar-refractivity contribution in [3.63, 3.8) is 0 Å². The average Bonchev–Trinajstić information content (AvgIpc) is 3.11. The van der Waals surface area contributed by atoms with Crippen molar-refractivity contribution < 1.29 is 18.1 Å². The molecule has 0 saturated carbocycles. The van der Waals surface area contributed by atoms with Gasteiger partial charge in [0.05, 0.1) is 5.52 Å². The number of rotatable bonds is 7. The second kappa shape index (κ2) is 7.61. The third-order valence-corrected chi connectivity index (χ3v) is 4.98. The molecule has 0 fully saturated rings. The summed E-state index contributed by atoms with van der Waals surface area (Å²) >= 11 is 0. The highest BCUT2D eigenvalue weighted by Gasteiger charge is 2.31. The highest BCUT2D eigenvalue weighted by atomic mass is 31.2. The zero-order valence-corrected chi connectivity index (χ0v) is 15.1. The average molecular weight is 381 g/mol. The van der Waals surface area contributed by atoms with Crippen LogP contribution in [0.4, 0.5) is 0 Å². The highest BCUT2D eigenvalue weighted by Crippen LogP contribution is 2.49. The van der Waals surface area contributed by atoms with Crippen molar-refractivity contribution in [1.82, 2.24) is 15.0 Å². The molecule has 0 N–H and O–H groups in total. The fourth-order valence-electron chi connectivity index (χ4n) is 2.43. The molecule has 3 aromatic carbocycles. The number of nitrogens with zero attached hydrogens (tertiary/aromatic N) is 3. The van der Waals surface area contributed by atoms with Crippen LogP contribution in [0, 0.1) is 0 Å². The predicted octanol–water partition coefficient (Wildman–Crippen LogP) is 4.67. The second-order valence-electron chi connectivity index (χ2n) is 5.59. The van der Waals surface area contributed by atoms with Crippen molar-refractivity contribution in [1.29, 1.82) is 0 Å². The number of hydrogen-bond donors (Lipinski definition) is 0. The van der Waals surface area contributed by atoms with Crippen molar-refractivity contribution in [2.24, 2.45) is 0 Å². The summed E-state index contributed by atoms with van der Waals surface area (Å²) in [6.07, 6.45) is 0. The third-order valence-electron chi connectivity index (χ3n) is 3.68. The van der Waals surface area contributed by atoms with E-state index in [2.05, 4.69) is 10.3 Å². The van der Waals surface area contributed by atoms with E-state index in [1.165, 1.54) is 4.68 Å². The van der Waals surface area contributed by atoms with Crippen molar-refractivity contribution in [3.8, 4) is 11.5 Å². The molecule has 0 aliphatic heterocycles. The third kappa shape index (κ3) is 4.16. The van der Waals surface area contributed by atoms with Crippen LogP contribution in [-0.4, -0.2) is 15.0 Å². The number of phosphoric ester groups is 1. The molecule has 0 radical (unpaired) electrons. The van der Waals surface area contributed by atoms with Gasteiger partial charge in [0.1, 0.15) is 17.0 Å². The van der Waals surface area contributed by atoms with Crippen LogP contribution in [0.5, 0.6) is 11.5 Å². The lowest BCUT2D eigenvalue weighted by Crippen LogP contribution is -2.09. The first-order valence-electron chi connectivity index (χ1n) is 8.24. The second-order valence-corrected chi connectivity index (χ2v) is 7.11. The van der Waals surface area contributed by atoms with Gasteiger partial charge in [-0.05, 0) is 36.4 Å². The molecule has 0 saturated heterocycles. The molecule has 7 nitrogen and oxygen atoms in total.